The number of carbonyl (C=O) groups excluding carboxylic acids is 1. The van der Waals surface area contributed by atoms with Crippen molar-refractivity contribution in [1.82, 2.24) is 0 Å². The first-order valence-corrected chi connectivity index (χ1v) is 7.73. The number of ketones is 1. The Balaban J connectivity index is 2.76. The number of aryl methyl sites for hydroxylation is 2. The van der Waals surface area contributed by atoms with E-state index < -0.39 is 0 Å². The van der Waals surface area contributed by atoms with Crippen LogP contribution in [0.1, 0.15) is 27.0 Å². The minimum atomic E-state index is -0.124. The third-order valence-electron chi connectivity index (χ3n) is 3.82. The molecule has 5 heteroatoms. The smallest absolute Gasteiger partial charge is 0.201 e. The highest BCUT2D eigenvalue weighted by Gasteiger charge is 2.26. The second-order valence-corrected chi connectivity index (χ2v) is 5.78. The number of methoxy groups -OCH3 is 3. The number of rotatable bonds is 5. The second-order valence-electron chi connectivity index (χ2n) is 5.20. The zero-order chi connectivity index (χ0) is 17.1. The van der Waals surface area contributed by atoms with Crippen LogP contribution in [0, 0.1) is 13.8 Å². The molecule has 0 amide bonds. The summed E-state index contributed by atoms with van der Waals surface area (Å²) in [5.41, 5.74) is 2.90. The molecule has 0 radical (unpaired) electrons. The highest BCUT2D eigenvalue weighted by Crippen LogP contribution is 2.36. The van der Waals surface area contributed by atoms with E-state index in [2.05, 4.69) is 9.24 Å². The summed E-state index contributed by atoms with van der Waals surface area (Å²) in [5, 5.41) is 0.686. The molecule has 4 nitrogen and oxygen atoms in total. The SMILES string of the molecule is COc1cc(OC)c(C(=O)c2c(C)cccc2C)c(OC)c1P. The Bertz CT molecular complexity index is 733. The minimum Gasteiger partial charge on any atom is -0.496 e. The van der Waals surface area contributed by atoms with Crippen molar-refractivity contribution in [3.05, 3.63) is 46.5 Å². The molecule has 0 aromatic heterocycles. The highest BCUT2D eigenvalue weighted by atomic mass is 31.0. The van der Waals surface area contributed by atoms with E-state index in [1.807, 2.05) is 32.0 Å². The Morgan fingerprint density at radius 1 is 0.913 bits per heavy atom. The van der Waals surface area contributed by atoms with Gasteiger partial charge in [0.1, 0.15) is 22.8 Å². The molecule has 0 saturated heterocycles. The molecule has 0 heterocycles. The standard InChI is InChI=1S/C18H21O4P/c1-10-7-6-8-11(2)14(10)16(19)15-12(20-3)9-13(21-4)18(23)17(15)22-5/h6-9H,23H2,1-5H3. The lowest BCUT2D eigenvalue weighted by Crippen LogP contribution is -2.15. The molecule has 0 aliphatic carbocycles. The van der Waals surface area contributed by atoms with Crippen molar-refractivity contribution in [2.24, 2.45) is 0 Å². The molecule has 1 unspecified atom stereocenters. The predicted molar refractivity (Wildman–Crippen MR) is 94.8 cm³/mol. The van der Waals surface area contributed by atoms with Gasteiger partial charge in [-0.05, 0) is 25.0 Å². The zero-order valence-corrected chi connectivity index (χ0v) is 15.2. The van der Waals surface area contributed by atoms with Gasteiger partial charge >= 0.3 is 0 Å². The van der Waals surface area contributed by atoms with E-state index in [-0.39, 0.29) is 5.78 Å². The topological polar surface area (TPSA) is 44.8 Å². The zero-order valence-electron chi connectivity index (χ0n) is 14.0. The lowest BCUT2D eigenvalue weighted by atomic mass is 9.93. The minimum absolute atomic E-state index is 0.124. The molecule has 0 spiro atoms. The molecule has 23 heavy (non-hydrogen) atoms. The van der Waals surface area contributed by atoms with Gasteiger partial charge in [0.25, 0.3) is 0 Å². The van der Waals surface area contributed by atoms with Crippen LogP contribution in [-0.4, -0.2) is 27.1 Å². The molecule has 2 aromatic carbocycles. The fraction of sp³-hybridized carbons (Fsp3) is 0.278. The molecule has 0 N–H and O–H groups in total. The van der Waals surface area contributed by atoms with E-state index in [4.69, 9.17) is 14.2 Å². The fourth-order valence-electron chi connectivity index (χ4n) is 2.68. The normalized spacial score (nSPS) is 10.3. The summed E-state index contributed by atoms with van der Waals surface area (Å²) in [6.45, 7) is 3.84. The molecular formula is C18H21O4P. The van der Waals surface area contributed by atoms with Crippen LogP contribution in [0.2, 0.25) is 0 Å². The van der Waals surface area contributed by atoms with Crippen LogP contribution in [0.4, 0.5) is 0 Å². The maximum Gasteiger partial charge on any atom is 0.201 e. The van der Waals surface area contributed by atoms with E-state index in [9.17, 15) is 4.79 Å². The Kier molecular flexibility index (Phi) is 5.27. The molecular weight excluding hydrogens is 311 g/mol. The molecule has 0 bridgehead atoms. The van der Waals surface area contributed by atoms with Gasteiger partial charge in [0.15, 0.2) is 0 Å². The van der Waals surface area contributed by atoms with E-state index in [1.165, 1.54) is 14.2 Å². The molecule has 0 saturated carbocycles. The van der Waals surface area contributed by atoms with Gasteiger partial charge in [-0.2, -0.15) is 0 Å². The van der Waals surface area contributed by atoms with Crippen molar-refractivity contribution in [3.8, 4) is 17.2 Å². The third kappa shape index (κ3) is 3.04. The number of hydrogen-bond acceptors (Lipinski definition) is 4. The van der Waals surface area contributed by atoms with Gasteiger partial charge in [-0.3, -0.25) is 4.79 Å². The number of hydrogen-bond donors (Lipinski definition) is 0. The van der Waals surface area contributed by atoms with Crippen molar-refractivity contribution in [3.63, 3.8) is 0 Å². The Morgan fingerprint density at radius 2 is 1.48 bits per heavy atom. The monoisotopic (exact) mass is 332 g/mol. The summed E-state index contributed by atoms with van der Waals surface area (Å²) in [4.78, 5) is 13.2. The summed E-state index contributed by atoms with van der Waals surface area (Å²) in [6.07, 6.45) is 0. The largest absolute Gasteiger partial charge is 0.496 e. The number of ether oxygens (including phenoxy) is 3. The lowest BCUT2D eigenvalue weighted by molar-refractivity contribution is 0.103. The Hall–Kier alpha value is -2.06. The van der Waals surface area contributed by atoms with Gasteiger partial charge in [-0.25, -0.2) is 0 Å². The molecule has 122 valence electrons. The Labute approximate surface area is 139 Å². The quantitative estimate of drug-likeness (QED) is 0.623. The predicted octanol–water partition coefficient (Wildman–Crippen LogP) is 3.06. The second kappa shape index (κ2) is 7.01. The van der Waals surface area contributed by atoms with E-state index in [1.54, 1.807) is 13.2 Å². The van der Waals surface area contributed by atoms with Crippen LogP contribution in [0.25, 0.3) is 0 Å². The molecule has 0 aliphatic heterocycles. The van der Waals surface area contributed by atoms with E-state index in [0.29, 0.717) is 33.7 Å². The number of carbonyl (C=O) groups is 1. The maximum absolute atomic E-state index is 13.2. The van der Waals surface area contributed by atoms with Crippen molar-refractivity contribution in [2.75, 3.05) is 21.3 Å². The van der Waals surface area contributed by atoms with Gasteiger partial charge in [0.05, 0.1) is 26.6 Å². The van der Waals surface area contributed by atoms with Gasteiger partial charge in [0.2, 0.25) is 5.78 Å². The van der Waals surface area contributed by atoms with Gasteiger partial charge in [-0.1, -0.05) is 27.4 Å². The summed E-state index contributed by atoms with van der Waals surface area (Å²) in [7, 11) is 7.18. The first-order chi connectivity index (χ1) is 11.0. The van der Waals surface area contributed by atoms with Gasteiger partial charge in [-0.15, -0.1) is 0 Å². The molecule has 2 rings (SSSR count). The summed E-state index contributed by atoms with van der Waals surface area (Å²) >= 11 is 0. The van der Waals surface area contributed by atoms with Crippen LogP contribution < -0.4 is 19.5 Å². The van der Waals surface area contributed by atoms with Crippen LogP contribution >= 0.6 is 9.24 Å². The lowest BCUT2D eigenvalue weighted by Gasteiger charge is -2.18. The summed E-state index contributed by atoms with van der Waals surface area (Å²) in [5.74, 6) is 1.33. The van der Waals surface area contributed by atoms with Crippen LogP contribution in [0.3, 0.4) is 0 Å². The van der Waals surface area contributed by atoms with Crippen molar-refractivity contribution < 1.29 is 19.0 Å². The first kappa shape index (κ1) is 17.3. The van der Waals surface area contributed by atoms with Gasteiger partial charge < -0.3 is 14.2 Å². The summed E-state index contributed by atoms with van der Waals surface area (Å²) < 4.78 is 16.2. The highest BCUT2D eigenvalue weighted by molar-refractivity contribution is 7.28. The average molecular weight is 332 g/mol. The molecule has 0 fully saturated rings. The van der Waals surface area contributed by atoms with Crippen molar-refractivity contribution in [2.45, 2.75) is 13.8 Å². The fourth-order valence-corrected chi connectivity index (χ4v) is 3.15. The maximum atomic E-state index is 13.2. The van der Waals surface area contributed by atoms with E-state index >= 15 is 0 Å². The summed E-state index contributed by atoms with van der Waals surface area (Å²) in [6, 6.07) is 7.48. The average Bonchev–Trinajstić information content (AvgIpc) is 2.53. The molecule has 2 aromatic rings. The van der Waals surface area contributed by atoms with Crippen LogP contribution in [0.15, 0.2) is 24.3 Å². The third-order valence-corrected chi connectivity index (χ3v) is 4.37. The van der Waals surface area contributed by atoms with Crippen LogP contribution in [-0.2, 0) is 0 Å². The van der Waals surface area contributed by atoms with Crippen molar-refractivity contribution >= 4 is 20.3 Å². The van der Waals surface area contributed by atoms with Gasteiger partial charge in [0, 0.05) is 11.6 Å². The van der Waals surface area contributed by atoms with Crippen molar-refractivity contribution in [1.29, 1.82) is 0 Å². The molecule has 1 atom stereocenters. The Morgan fingerprint density at radius 3 is 1.96 bits per heavy atom. The number of benzene rings is 2. The molecule has 0 aliphatic rings. The van der Waals surface area contributed by atoms with E-state index in [0.717, 1.165) is 11.1 Å². The first-order valence-electron chi connectivity index (χ1n) is 7.15. The van der Waals surface area contributed by atoms with Crippen LogP contribution in [0.5, 0.6) is 17.2 Å².